The molecule has 0 spiro atoms. The van der Waals surface area contributed by atoms with Gasteiger partial charge in [0.15, 0.2) is 0 Å². The monoisotopic (exact) mass is 275 g/mol. The van der Waals surface area contributed by atoms with Crippen LogP contribution in [0.3, 0.4) is 0 Å². The molecular formula is C16H25N3O. The van der Waals surface area contributed by atoms with Gasteiger partial charge in [-0.3, -0.25) is 4.79 Å². The van der Waals surface area contributed by atoms with E-state index < -0.39 is 0 Å². The summed E-state index contributed by atoms with van der Waals surface area (Å²) in [5.74, 6) is 0.215. The Hall–Kier alpha value is -1.71. The van der Waals surface area contributed by atoms with Crippen molar-refractivity contribution in [2.75, 3.05) is 30.3 Å². The van der Waals surface area contributed by atoms with Crippen molar-refractivity contribution in [2.24, 2.45) is 0 Å². The van der Waals surface area contributed by atoms with E-state index in [4.69, 9.17) is 5.73 Å². The van der Waals surface area contributed by atoms with E-state index in [9.17, 15) is 4.79 Å². The number of benzene rings is 1. The zero-order valence-electron chi connectivity index (χ0n) is 12.5. The molecule has 1 saturated carbocycles. The van der Waals surface area contributed by atoms with Crippen molar-refractivity contribution >= 4 is 17.3 Å². The minimum absolute atomic E-state index is 0.215. The number of carbonyl (C=O) groups excluding carboxylic acids is 1. The molecule has 4 nitrogen and oxygen atoms in total. The van der Waals surface area contributed by atoms with Crippen molar-refractivity contribution in [1.82, 2.24) is 4.90 Å². The molecule has 0 aromatic heterocycles. The summed E-state index contributed by atoms with van der Waals surface area (Å²) in [4.78, 5) is 16.6. The van der Waals surface area contributed by atoms with E-state index in [0.29, 0.717) is 12.6 Å². The summed E-state index contributed by atoms with van der Waals surface area (Å²) in [6.07, 6.45) is 3.30. The van der Waals surface area contributed by atoms with E-state index in [1.807, 2.05) is 29.2 Å². The Morgan fingerprint density at radius 2 is 2.00 bits per heavy atom. The highest BCUT2D eigenvalue weighted by Gasteiger charge is 2.31. The molecule has 0 atom stereocenters. The van der Waals surface area contributed by atoms with Gasteiger partial charge in [0.25, 0.3) is 0 Å². The van der Waals surface area contributed by atoms with Gasteiger partial charge < -0.3 is 15.5 Å². The fourth-order valence-electron chi connectivity index (χ4n) is 2.61. The standard InChI is InChI=1S/C16H25N3O/c1-3-11-18(15-8-6-5-7-14(15)17)12-16(20)19(4-2)13-9-10-13/h5-8,13H,3-4,9-12,17H2,1-2H3. The van der Waals surface area contributed by atoms with Crippen LogP contribution in [0.2, 0.25) is 0 Å². The van der Waals surface area contributed by atoms with E-state index in [1.54, 1.807) is 0 Å². The third-order valence-corrected chi connectivity index (χ3v) is 3.75. The number of anilines is 2. The lowest BCUT2D eigenvalue weighted by Gasteiger charge is -2.29. The Kier molecular flexibility index (Phi) is 4.88. The molecule has 1 aromatic carbocycles. The van der Waals surface area contributed by atoms with Crippen molar-refractivity contribution in [1.29, 1.82) is 0 Å². The molecule has 4 heteroatoms. The van der Waals surface area contributed by atoms with E-state index in [-0.39, 0.29) is 5.91 Å². The average molecular weight is 275 g/mol. The SMILES string of the molecule is CCCN(CC(=O)N(CC)C1CC1)c1ccccc1N. The number of likely N-dealkylation sites (N-methyl/N-ethyl adjacent to an activating group) is 1. The highest BCUT2D eigenvalue weighted by molar-refractivity contribution is 5.83. The predicted molar refractivity (Wildman–Crippen MR) is 83.8 cm³/mol. The first kappa shape index (κ1) is 14.7. The second-order valence-electron chi connectivity index (χ2n) is 5.39. The van der Waals surface area contributed by atoms with Crippen molar-refractivity contribution in [3.63, 3.8) is 0 Å². The summed E-state index contributed by atoms with van der Waals surface area (Å²) < 4.78 is 0. The number of carbonyl (C=O) groups is 1. The summed E-state index contributed by atoms with van der Waals surface area (Å²) >= 11 is 0. The van der Waals surface area contributed by atoms with Crippen LogP contribution in [0.5, 0.6) is 0 Å². The number of nitrogens with two attached hydrogens (primary N) is 1. The molecule has 0 heterocycles. The average Bonchev–Trinajstić information content (AvgIpc) is 3.24. The minimum atomic E-state index is 0.215. The van der Waals surface area contributed by atoms with Crippen molar-refractivity contribution < 1.29 is 4.79 Å². The van der Waals surface area contributed by atoms with Gasteiger partial charge in [-0.1, -0.05) is 19.1 Å². The van der Waals surface area contributed by atoms with E-state index in [1.165, 1.54) is 0 Å². The maximum Gasteiger partial charge on any atom is 0.242 e. The smallest absolute Gasteiger partial charge is 0.242 e. The number of amides is 1. The second-order valence-corrected chi connectivity index (χ2v) is 5.39. The Bertz CT molecular complexity index is 457. The lowest BCUT2D eigenvalue weighted by atomic mass is 10.2. The van der Waals surface area contributed by atoms with Gasteiger partial charge in [0.1, 0.15) is 0 Å². The first-order valence-corrected chi connectivity index (χ1v) is 7.56. The minimum Gasteiger partial charge on any atom is -0.397 e. The summed E-state index contributed by atoms with van der Waals surface area (Å²) in [5, 5.41) is 0. The fraction of sp³-hybridized carbons (Fsp3) is 0.562. The van der Waals surface area contributed by atoms with Gasteiger partial charge in [0.2, 0.25) is 5.91 Å². The van der Waals surface area contributed by atoms with Crippen LogP contribution < -0.4 is 10.6 Å². The number of rotatable bonds is 7. The molecule has 1 fully saturated rings. The van der Waals surface area contributed by atoms with E-state index >= 15 is 0 Å². The normalized spacial score (nSPS) is 14.1. The molecule has 2 N–H and O–H groups in total. The molecule has 1 aromatic rings. The number of hydrogen-bond acceptors (Lipinski definition) is 3. The van der Waals surface area contributed by atoms with Crippen molar-refractivity contribution in [2.45, 2.75) is 39.2 Å². The van der Waals surface area contributed by atoms with E-state index in [2.05, 4.69) is 18.7 Å². The van der Waals surface area contributed by atoms with Gasteiger partial charge in [-0.05, 0) is 38.3 Å². The highest BCUT2D eigenvalue weighted by Crippen LogP contribution is 2.28. The molecule has 20 heavy (non-hydrogen) atoms. The van der Waals surface area contributed by atoms with Gasteiger partial charge in [0.05, 0.1) is 17.9 Å². The van der Waals surface area contributed by atoms with Gasteiger partial charge in [-0.2, -0.15) is 0 Å². The Morgan fingerprint density at radius 1 is 1.30 bits per heavy atom. The van der Waals surface area contributed by atoms with Crippen LogP contribution in [-0.2, 0) is 4.79 Å². The molecule has 1 aliphatic rings. The van der Waals surface area contributed by atoms with Gasteiger partial charge >= 0.3 is 0 Å². The Morgan fingerprint density at radius 3 is 2.55 bits per heavy atom. The molecule has 1 aliphatic carbocycles. The number of nitrogen functional groups attached to an aromatic ring is 1. The summed E-state index contributed by atoms with van der Waals surface area (Å²) in [6.45, 7) is 6.24. The van der Waals surface area contributed by atoms with Crippen molar-refractivity contribution in [3.05, 3.63) is 24.3 Å². The fourth-order valence-corrected chi connectivity index (χ4v) is 2.61. The van der Waals surface area contributed by atoms with Crippen LogP contribution in [-0.4, -0.2) is 36.5 Å². The zero-order valence-corrected chi connectivity index (χ0v) is 12.5. The van der Waals surface area contributed by atoms with Crippen LogP contribution in [0.1, 0.15) is 33.1 Å². The van der Waals surface area contributed by atoms with Gasteiger partial charge in [-0.25, -0.2) is 0 Å². The molecule has 0 unspecified atom stereocenters. The zero-order chi connectivity index (χ0) is 14.5. The predicted octanol–water partition coefficient (Wildman–Crippen LogP) is 2.50. The second kappa shape index (κ2) is 6.64. The number of hydrogen-bond donors (Lipinski definition) is 1. The largest absolute Gasteiger partial charge is 0.397 e. The van der Waals surface area contributed by atoms with Crippen LogP contribution >= 0.6 is 0 Å². The molecule has 110 valence electrons. The number of nitrogens with zero attached hydrogens (tertiary/aromatic N) is 2. The number of para-hydroxylation sites is 2. The van der Waals surface area contributed by atoms with Crippen molar-refractivity contribution in [3.8, 4) is 0 Å². The lowest BCUT2D eigenvalue weighted by Crippen LogP contribution is -2.42. The molecule has 2 rings (SSSR count). The topological polar surface area (TPSA) is 49.6 Å². The summed E-state index contributed by atoms with van der Waals surface area (Å²) in [7, 11) is 0. The first-order valence-electron chi connectivity index (χ1n) is 7.56. The third kappa shape index (κ3) is 3.44. The highest BCUT2D eigenvalue weighted by atomic mass is 16.2. The van der Waals surface area contributed by atoms with E-state index in [0.717, 1.165) is 43.7 Å². The Labute approximate surface area is 121 Å². The Balaban J connectivity index is 2.09. The van der Waals surface area contributed by atoms with Crippen LogP contribution in [0.15, 0.2) is 24.3 Å². The first-order chi connectivity index (χ1) is 9.67. The van der Waals surface area contributed by atoms with Gasteiger partial charge in [-0.15, -0.1) is 0 Å². The van der Waals surface area contributed by atoms with Crippen LogP contribution in [0.4, 0.5) is 11.4 Å². The summed E-state index contributed by atoms with van der Waals surface area (Å²) in [5.41, 5.74) is 7.75. The molecule has 0 radical (unpaired) electrons. The maximum atomic E-state index is 12.5. The molecule has 0 aliphatic heterocycles. The maximum absolute atomic E-state index is 12.5. The van der Waals surface area contributed by atoms with Crippen LogP contribution in [0, 0.1) is 0 Å². The molecule has 1 amide bonds. The van der Waals surface area contributed by atoms with Gasteiger partial charge in [0, 0.05) is 19.1 Å². The molecule has 0 bridgehead atoms. The van der Waals surface area contributed by atoms with Crippen LogP contribution in [0.25, 0.3) is 0 Å². The third-order valence-electron chi connectivity index (χ3n) is 3.75. The molecule has 0 saturated heterocycles. The summed E-state index contributed by atoms with van der Waals surface area (Å²) in [6, 6.07) is 8.25. The quantitative estimate of drug-likeness (QED) is 0.778. The lowest BCUT2D eigenvalue weighted by molar-refractivity contribution is -0.130. The molecular weight excluding hydrogens is 250 g/mol.